The predicted molar refractivity (Wildman–Crippen MR) is 84.4 cm³/mol. The van der Waals surface area contributed by atoms with Crippen LogP contribution in [-0.2, 0) is 11.2 Å². The lowest BCUT2D eigenvalue weighted by atomic mass is 9.80. The van der Waals surface area contributed by atoms with E-state index in [-0.39, 0.29) is 23.9 Å². The molecule has 1 fully saturated rings. The van der Waals surface area contributed by atoms with E-state index in [9.17, 15) is 0 Å². The van der Waals surface area contributed by atoms with E-state index in [2.05, 4.69) is 52.8 Å². The Hall–Kier alpha value is -1.06. The zero-order chi connectivity index (χ0) is 15.4. The molecule has 0 radical (unpaired) electrons. The summed E-state index contributed by atoms with van der Waals surface area (Å²) in [6, 6.07) is 6.45. The van der Waals surface area contributed by atoms with Gasteiger partial charge in [0.1, 0.15) is 11.4 Å². The standard InChI is InChI=1S/C18H27NO2/c1-10-11(2)20-12(3)16(10)17(19)13-6-7-15-14(8-13)9-18(4,5)21-15/h6-8,10-12,16-17H,9,19H2,1-5H3. The largest absolute Gasteiger partial charge is 0.487 e. The Morgan fingerprint density at radius 2 is 1.90 bits per heavy atom. The van der Waals surface area contributed by atoms with E-state index in [0.717, 1.165) is 12.2 Å². The van der Waals surface area contributed by atoms with E-state index in [0.29, 0.717) is 11.8 Å². The van der Waals surface area contributed by atoms with E-state index in [4.69, 9.17) is 15.2 Å². The Morgan fingerprint density at radius 1 is 1.19 bits per heavy atom. The number of hydrogen-bond donors (Lipinski definition) is 1. The Morgan fingerprint density at radius 3 is 2.52 bits per heavy atom. The SMILES string of the molecule is CC1OC(C)C(C(N)c2ccc3c(c2)CC(C)(C)O3)C1C. The van der Waals surface area contributed by atoms with Crippen LogP contribution in [0.15, 0.2) is 18.2 Å². The summed E-state index contributed by atoms with van der Waals surface area (Å²) in [6.07, 6.45) is 1.45. The molecule has 0 spiro atoms. The zero-order valence-corrected chi connectivity index (χ0v) is 13.7. The van der Waals surface area contributed by atoms with Gasteiger partial charge in [-0.05, 0) is 50.8 Å². The van der Waals surface area contributed by atoms with Crippen molar-refractivity contribution in [2.45, 2.75) is 64.9 Å². The van der Waals surface area contributed by atoms with Crippen LogP contribution in [0.25, 0.3) is 0 Å². The molecule has 0 saturated carbocycles. The van der Waals surface area contributed by atoms with E-state index in [1.807, 2.05) is 0 Å². The smallest absolute Gasteiger partial charge is 0.123 e. The van der Waals surface area contributed by atoms with Gasteiger partial charge in [-0.1, -0.05) is 19.1 Å². The lowest BCUT2D eigenvalue weighted by Gasteiger charge is -2.26. The van der Waals surface area contributed by atoms with Gasteiger partial charge in [0, 0.05) is 18.4 Å². The second kappa shape index (κ2) is 4.99. The van der Waals surface area contributed by atoms with Crippen LogP contribution in [-0.4, -0.2) is 17.8 Å². The molecule has 3 nitrogen and oxygen atoms in total. The molecule has 2 aliphatic heterocycles. The minimum Gasteiger partial charge on any atom is -0.487 e. The van der Waals surface area contributed by atoms with Crippen molar-refractivity contribution in [2.24, 2.45) is 17.6 Å². The molecular weight excluding hydrogens is 262 g/mol. The average Bonchev–Trinajstić information content (AvgIpc) is 2.83. The molecule has 1 aromatic rings. The first kappa shape index (κ1) is 14.9. The van der Waals surface area contributed by atoms with Gasteiger partial charge in [-0.2, -0.15) is 0 Å². The van der Waals surface area contributed by atoms with Crippen molar-refractivity contribution in [3.63, 3.8) is 0 Å². The molecule has 0 amide bonds. The molecule has 0 aliphatic carbocycles. The predicted octanol–water partition coefficient (Wildman–Crippen LogP) is 3.46. The first-order valence-corrected chi connectivity index (χ1v) is 8.01. The third-order valence-corrected chi connectivity index (χ3v) is 5.21. The second-order valence-corrected chi connectivity index (χ2v) is 7.41. The minimum atomic E-state index is -0.101. The van der Waals surface area contributed by atoms with Gasteiger partial charge in [0.05, 0.1) is 12.2 Å². The number of benzene rings is 1. The monoisotopic (exact) mass is 289 g/mol. The number of rotatable bonds is 2. The fraction of sp³-hybridized carbons (Fsp3) is 0.667. The summed E-state index contributed by atoms with van der Waals surface area (Å²) in [5, 5.41) is 0. The third kappa shape index (κ3) is 2.58. The third-order valence-electron chi connectivity index (χ3n) is 5.21. The van der Waals surface area contributed by atoms with Crippen LogP contribution in [0.4, 0.5) is 0 Å². The summed E-state index contributed by atoms with van der Waals surface area (Å²) in [4.78, 5) is 0. The van der Waals surface area contributed by atoms with Crippen LogP contribution in [0.3, 0.4) is 0 Å². The Labute approximate surface area is 127 Å². The molecule has 5 unspecified atom stereocenters. The van der Waals surface area contributed by atoms with Crippen molar-refractivity contribution in [3.8, 4) is 5.75 Å². The maximum atomic E-state index is 6.58. The highest BCUT2D eigenvalue weighted by atomic mass is 16.5. The number of ether oxygens (including phenoxy) is 2. The summed E-state index contributed by atoms with van der Waals surface area (Å²) in [5.74, 6) is 1.86. The van der Waals surface area contributed by atoms with Gasteiger partial charge in [0.15, 0.2) is 0 Å². The summed E-state index contributed by atoms with van der Waals surface area (Å²) in [7, 11) is 0. The molecule has 1 saturated heterocycles. The fourth-order valence-corrected chi connectivity index (χ4v) is 3.97. The van der Waals surface area contributed by atoms with Gasteiger partial charge in [-0.15, -0.1) is 0 Å². The first-order valence-electron chi connectivity index (χ1n) is 8.01. The molecule has 3 rings (SSSR count). The van der Waals surface area contributed by atoms with Crippen LogP contribution < -0.4 is 10.5 Å². The fourth-order valence-electron chi connectivity index (χ4n) is 3.97. The summed E-state index contributed by atoms with van der Waals surface area (Å²) < 4.78 is 11.9. The molecule has 0 bridgehead atoms. The number of fused-ring (bicyclic) bond motifs is 1. The van der Waals surface area contributed by atoms with E-state index >= 15 is 0 Å². The molecule has 2 heterocycles. The molecule has 3 heteroatoms. The Balaban J connectivity index is 1.85. The van der Waals surface area contributed by atoms with Crippen molar-refractivity contribution in [1.29, 1.82) is 0 Å². The summed E-state index contributed by atoms with van der Waals surface area (Å²) in [5.41, 5.74) is 8.97. The van der Waals surface area contributed by atoms with Gasteiger partial charge in [-0.3, -0.25) is 0 Å². The highest BCUT2D eigenvalue weighted by Gasteiger charge is 2.41. The van der Waals surface area contributed by atoms with Crippen LogP contribution in [0.5, 0.6) is 5.75 Å². The quantitative estimate of drug-likeness (QED) is 0.907. The lowest BCUT2D eigenvalue weighted by molar-refractivity contribution is 0.0489. The zero-order valence-electron chi connectivity index (χ0n) is 13.7. The minimum absolute atomic E-state index is 0.0222. The maximum Gasteiger partial charge on any atom is 0.123 e. The average molecular weight is 289 g/mol. The second-order valence-electron chi connectivity index (χ2n) is 7.41. The van der Waals surface area contributed by atoms with Crippen LogP contribution in [0.2, 0.25) is 0 Å². The maximum absolute atomic E-state index is 6.58. The molecule has 2 aliphatic rings. The van der Waals surface area contributed by atoms with E-state index in [1.54, 1.807) is 0 Å². The van der Waals surface area contributed by atoms with Crippen molar-refractivity contribution >= 4 is 0 Å². The molecule has 1 aromatic carbocycles. The normalized spacial score (nSPS) is 35.3. The van der Waals surface area contributed by atoms with Gasteiger partial charge in [0.25, 0.3) is 0 Å². The molecule has 2 N–H and O–H groups in total. The molecule has 0 aromatic heterocycles. The molecule has 5 atom stereocenters. The van der Waals surface area contributed by atoms with Gasteiger partial charge < -0.3 is 15.2 Å². The van der Waals surface area contributed by atoms with Crippen LogP contribution in [0.1, 0.15) is 51.8 Å². The van der Waals surface area contributed by atoms with Gasteiger partial charge in [-0.25, -0.2) is 0 Å². The van der Waals surface area contributed by atoms with Crippen molar-refractivity contribution in [3.05, 3.63) is 29.3 Å². The van der Waals surface area contributed by atoms with Crippen LogP contribution >= 0.6 is 0 Å². The first-order chi connectivity index (χ1) is 9.78. The molecule has 116 valence electrons. The van der Waals surface area contributed by atoms with E-state index in [1.165, 1.54) is 11.1 Å². The number of nitrogens with two attached hydrogens (primary N) is 1. The van der Waals surface area contributed by atoms with Gasteiger partial charge >= 0.3 is 0 Å². The van der Waals surface area contributed by atoms with Crippen molar-refractivity contribution < 1.29 is 9.47 Å². The molecule has 21 heavy (non-hydrogen) atoms. The highest BCUT2D eigenvalue weighted by molar-refractivity contribution is 5.42. The molecular formula is C18H27NO2. The topological polar surface area (TPSA) is 44.5 Å². The van der Waals surface area contributed by atoms with Crippen LogP contribution in [0, 0.1) is 11.8 Å². The lowest BCUT2D eigenvalue weighted by Crippen LogP contribution is -2.30. The summed E-state index contributed by atoms with van der Waals surface area (Å²) >= 11 is 0. The Bertz CT molecular complexity index is 540. The van der Waals surface area contributed by atoms with E-state index < -0.39 is 0 Å². The number of hydrogen-bond acceptors (Lipinski definition) is 3. The highest BCUT2D eigenvalue weighted by Crippen LogP contribution is 2.41. The van der Waals surface area contributed by atoms with Crippen molar-refractivity contribution in [1.82, 2.24) is 0 Å². The Kier molecular flexibility index (Phi) is 3.53. The van der Waals surface area contributed by atoms with Crippen molar-refractivity contribution in [2.75, 3.05) is 0 Å². The van der Waals surface area contributed by atoms with Gasteiger partial charge in [0.2, 0.25) is 0 Å². The summed E-state index contributed by atoms with van der Waals surface area (Å²) in [6.45, 7) is 10.8.